The summed E-state index contributed by atoms with van der Waals surface area (Å²) in [7, 11) is 0. The summed E-state index contributed by atoms with van der Waals surface area (Å²) >= 11 is 3.19. The van der Waals surface area contributed by atoms with E-state index < -0.39 is 0 Å². The zero-order valence-electron chi connectivity index (χ0n) is 8.86. The van der Waals surface area contributed by atoms with Gasteiger partial charge in [0.05, 0.1) is 17.9 Å². The number of amides is 1. The van der Waals surface area contributed by atoms with Gasteiger partial charge in [0, 0.05) is 6.92 Å². The number of carbonyl (C=O) groups is 1. The number of hydrogen-bond donors (Lipinski definition) is 1. The van der Waals surface area contributed by atoms with Crippen molar-refractivity contribution in [3.8, 4) is 5.88 Å². The highest BCUT2D eigenvalue weighted by Crippen LogP contribution is 2.35. The van der Waals surface area contributed by atoms with Crippen LogP contribution in [0.5, 0.6) is 5.88 Å². The fraction of sp³-hybridized carbons (Fsp3) is 0.500. The van der Waals surface area contributed by atoms with Gasteiger partial charge < -0.3 is 10.1 Å². The smallest absolute Gasteiger partial charge is 0.232 e. The first kappa shape index (κ1) is 11.3. The molecule has 0 unspecified atom stereocenters. The lowest BCUT2D eigenvalue weighted by Crippen LogP contribution is -2.40. The van der Waals surface area contributed by atoms with E-state index in [1.54, 1.807) is 12.4 Å². The average molecular weight is 286 g/mol. The molecule has 1 aliphatic rings. The SMILES string of the molecule is CC(=O)NC1(COc2cnc(Br)cn2)CC1. The third-order valence-corrected chi connectivity index (χ3v) is 2.80. The Labute approximate surface area is 102 Å². The minimum absolute atomic E-state index is 0.0250. The molecule has 0 radical (unpaired) electrons. The zero-order valence-corrected chi connectivity index (χ0v) is 10.5. The fourth-order valence-corrected chi connectivity index (χ4v) is 1.62. The van der Waals surface area contributed by atoms with Gasteiger partial charge >= 0.3 is 0 Å². The molecule has 1 aliphatic carbocycles. The molecule has 0 aromatic carbocycles. The molecule has 1 N–H and O–H groups in total. The van der Waals surface area contributed by atoms with E-state index in [9.17, 15) is 4.79 Å². The van der Waals surface area contributed by atoms with E-state index in [1.165, 1.54) is 6.92 Å². The Balaban J connectivity index is 1.87. The van der Waals surface area contributed by atoms with Crippen LogP contribution in [0, 0.1) is 0 Å². The first-order valence-corrected chi connectivity index (χ1v) is 5.78. The normalized spacial score (nSPS) is 16.6. The van der Waals surface area contributed by atoms with Crippen molar-refractivity contribution in [1.82, 2.24) is 15.3 Å². The highest BCUT2D eigenvalue weighted by atomic mass is 79.9. The first-order valence-electron chi connectivity index (χ1n) is 4.99. The summed E-state index contributed by atoms with van der Waals surface area (Å²) in [6.45, 7) is 1.96. The molecule has 1 aromatic heterocycles. The monoisotopic (exact) mass is 285 g/mol. The van der Waals surface area contributed by atoms with E-state index in [1.807, 2.05) is 0 Å². The molecule has 16 heavy (non-hydrogen) atoms. The molecule has 1 aromatic rings. The van der Waals surface area contributed by atoms with Crippen molar-refractivity contribution in [1.29, 1.82) is 0 Å². The summed E-state index contributed by atoms with van der Waals surface area (Å²) in [6, 6.07) is 0. The molecule has 1 saturated carbocycles. The van der Waals surface area contributed by atoms with Gasteiger partial charge in [-0.2, -0.15) is 0 Å². The number of halogens is 1. The second-order valence-electron chi connectivity index (χ2n) is 3.93. The van der Waals surface area contributed by atoms with Gasteiger partial charge in [0.25, 0.3) is 0 Å². The van der Waals surface area contributed by atoms with E-state index in [-0.39, 0.29) is 11.4 Å². The third kappa shape index (κ3) is 2.91. The van der Waals surface area contributed by atoms with Gasteiger partial charge in [-0.3, -0.25) is 4.79 Å². The first-order chi connectivity index (χ1) is 7.60. The Morgan fingerprint density at radius 1 is 1.56 bits per heavy atom. The zero-order chi connectivity index (χ0) is 11.6. The average Bonchev–Trinajstić information content (AvgIpc) is 2.97. The van der Waals surface area contributed by atoms with Crippen LogP contribution in [0.4, 0.5) is 0 Å². The standard InChI is InChI=1S/C10H12BrN3O2/c1-7(15)14-10(2-3-10)6-16-9-5-12-8(11)4-13-9/h4-5H,2-3,6H2,1H3,(H,14,15). The fourth-order valence-electron chi connectivity index (χ4n) is 1.42. The maximum absolute atomic E-state index is 11.0. The molecule has 1 fully saturated rings. The van der Waals surface area contributed by atoms with Gasteiger partial charge in [0.15, 0.2) is 0 Å². The molecule has 0 aliphatic heterocycles. The molecule has 6 heteroatoms. The van der Waals surface area contributed by atoms with Gasteiger partial charge in [-0.15, -0.1) is 0 Å². The number of nitrogens with one attached hydrogen (secondary N) is 1. The van der Waals surface area contributed by atoms with Gasteiger partial charge in [-0.05, 0) is 28.8 Å². The molecule has 1 heterocycles. The molecule has 0 saturated heterocycles. The van der Waals surface area contributed by atoms with E-state index in [0.29, 0.717) is 17.1 Å². The van der Waals surface area contributed by atoms with E-state index in [4.69, 9.17) is 4.74 Å². The molecular formula is C10H12BrN3O2. The third-order valence-electron chi connectivity index (χ3n) is 2.39. The Morgan fingerprint density at radius 3 is 2.81 bits per heavy atom. The van der Waals surface area contributed by atoms with E-state index in [0.717, 1.165) is 12.8 Å². The maximum Gasteiger partial charge on any atom is 0.232 e. The lowest BCUT2D eigenvalue weighted by molar-refractivity contribution is -0.120. The summed E-state index contributed by atoms with van der Waals surface area (Å²) in [5.41, 5.74) is -0.180. The molecule has 0 spiro atoms. The maximum atomic E-state index is 11.0. The molecular weight excluding hydrogens is 274 g/mol. The molecule has 86 valence electrons. The highest BCUT2D eigenvalue weighted by Gasteiger charge is 2.44. The lowest BCUT2D eigenvalue weighted by Gasteiger charge is -2.16. The number of ether oxygens (including phenoxy) is 1. The van der Waals surface area contributed by atoms with Crippen LogP contribution >= 0.6 is 15.9 Å². The van der Waals surface area contributed by atoms with Crippen LogP contribution in [0.1, 0.15) is 19.8 Å². The highest BCUT2D eigenvalue weighted by molar-refractivity contribution is 9.10. The van der Waals surface area contributed by atoms with Crippen LogP contribution < -0.4 is 10.1 Å². The van der Waals surface area contributed by atoms with Gasteiger partial charge in [-0.25, -0.2) is 9.97 Å². The Hall–Kier alpha value is -1.17. The van der Waals surface area contributed by atoms with Crippen molar-refractivity contribution < 1.29 is 9.53 Å². The van der Waals surface area contributed by atoms with Crippen molar-refractivity contribution in [2.24, 2.45) is 0 Å². The predicted molar refractivity (Wildman–Crippen MR) is 61.0 cm³/mol. The molecule has 0 atom stereocenters. The van der Waals surface area contributed by atoms with Gasteiger partial charge in [0.2, 0.25) is 11.8 Å². The molecule has 1 amide bonds. The summed E-state index contributed by atoms with van der Waals surface area (Å²) < 4.78 is 6.15. The summed E-state index contributed by atoms with van der Waals surface area (Å²) in [5, 5.41) is 2.89. The van der Waals surface area contributed by atoms with Crippen molar-refractivity contribution in [3.05, 3.63) is 17.0 Å². The lowest BCUT2D eigenvalue weighted by atomic mass is 10.3. The number of rotatable bonds is 4. The number of aromatic nitrogens is 2. The number of nitrogens with zero attached hydrogens (tertiary/aromatic N) is 2. The number of carbonyl (C=O) groups excluding carboxylic acids is 1. The predicted octanol–water partition coefficient (Wildman–Crippen LogP) is 1.29. The van der Waals surface area contributed by atoms with Crippen LogP contribution in [-0.2, 0) is 4.79 Å². The van der Waals surface area contributed by atoms with Crippen molar-refractivity contribution >= 4 is 21.8 Å². The Bertz CT molecular complexity index is 390. The van der Waals surface area contributed by atoms with Gasteiger partial charge in [0.1, 0.15) is 11.2 Å². The molecule has 0 bridgehead atoms. The Morgan fingerprint density at radius 2 is 2.31 bits per heavy atom. The van der Waals surface area contributed by atoms with Crippen LogP contribution in [0.3, 0.4) is 0 Å². The minimum atomic E-state index is -0.180. The summed E-state index contributed by atoms with van der Waals surface area (Å²) in [6.07, 6.45) is 5.04. The topological polar surface area (TPSA) is 64.1 Å². The van der Waals surface area contributed by atoms with Crippen LogP contribution in [-0.4, -0.2) is 28.0 Å². The van der Waals surface area contributed by atoms with Crippen LogP contribution in [0.15, 0.2) is 17.0 Å². The van der Waals surface area contributed by atoms with Crippen LogP contribution in [0.2, 0.25) is 0 Å². The summed E-state index contributed by atoms with van der Waals surface area (Å²) in [5.74, 6) is 0.447. The van der Waals surface area contributed by atoms with Crippen molar-refractivity contribution in [3.63, 3.8) is 0 Å². The van der Waals surface area contributed by atoms with Crippen LogP contribution in [0.25, 0.3) is 0 Å². The van der Waals surface area contributed by atoms with Crippen molar-refractivity contribution in [2.75, 3.05) is 6.61 Å². The summed E-state index contributed by atoms with van der Waals surface area (Å²) in [4.78, 5) is 19.0. The van der Waals surface area contributed by atoms with E-state index >= 15 is 0 Å². The number of hydrogen-bond acceptors (Lipinski definition) is 4. The second-order valence-corrected chi connectivity index (χ2v) is 4.74. The molecule has 2 rings (SSSR count). The minimum Gasteiger partial charge on any atom is -0.474 e. The Kier molecular flexibility index (Phi) is 3.09. The largest absolute Gasteiger partial charge is 0.474 e. The second kappa shape index (κ2) is 4.37. The molecule has 5 nitrogen and oxygen atoms in total. The quantitative estimate of drug-likeness (QED) is 0.905. The van der Waals surface area contributed by atoms with E-state index in [2.05, 4.69) is 31.2 Å². The van der Waals surface area contributed by atoms with Gasteiger partial charge in [-0.1, -0.05) is 0 Å². The van der Waals surface area contributed by atoms with Crippen molar-refractivity contribution in [2.45, 2.75) is 25.3 Å².